The monoisotopic (exact) mass is 303 g/mol. The first-order valence-electron chi connectivity index (χ1n) is 7.37. The number of hydrogen-bond acceptors (Lipinski definition) is 5. The Hall–Kier alpha value is 0.580. The van der Waals surface area contributed by atoms with Gasteiger partial charge in [-0.3, -0.25) is 0 Å². The van der Waals surface area contributed by atoms with Crippen LogP contribution in [0.5, 0.6) is 0 Å². The Morgan fingerprint density at radius 3 is 2.26 bits per heavy atom. The van der Waals surface area contributed by atoms with Crippen LogP contribution in [0.4, 0.5) is 0 Å². The maximum Gasteiger partial charge on any atom is 0.0352 e. The van der Waals surface area contributed by atoms with Gasteiger partial charge in [0.05, 0.1) is 0 Å². The van der Waals surface area contributed by atoms with E-state index in [9.17, 15) is 0 Å². The molecule has 112 valence electrons. The van der Waals surface area contributed by atoms with Gasteiger partial charge in [-0.05, 0) is 47.1 Å². The fourth-order valence-electron chi connectivity index (χ4n) is 2.89. The molecule has 0 aromatic heterocycles. The van der Waals surface area contributed by atoms with Gasteiger partial charge in [0, 0.05) is 41.1 Å². The van der Waals surface area contributed by atoms with E-state index in [4.69, 9.17) is 0 Å². The zero-order valence-electron chi connectivity index (χ0n) is 12.7. The Balaban J connectivity index is 1.86. The highest BCUT2D eigenvalue weighted by Crippen LogP contribution is 2.26. The minimum absolute atomic E-state index is 0.369. The molecular weight excluding hydrogens is 274 g/mol. The third-order valence-corrected chi connectivity index (χ3v) is 7.12. The van der Waals surface area contributed by atoms with Crippen LogP contribution in [0.25, 0.3) is 0 Å². The Morgan fingerprint density at radius 1 is 1.16 bits per heavy atom. The normalized spacial score (nSPS) is 26.5. The van der Waals surface area contributed by atoms with Gasteiger partial charge in [-0.25, -0.2) is 0 Å². The predicted molar refractivity (Wildman–Crippen MR) is 89.6 cm³/mol. The van der Waals surface area contributed by atoms with Crippen molar-refractivity contribution in [2.75, 3.05) is 63.8 Å². The van der Waals surface area contributed by atoms with Gasteiger partial charge < -0.3 is 15.1 Å². The average Bonchev–Trinajstić information content (AvgIpc) is 2.67. The highest BCUT2D eigenvalue weighted by Gasteiger charge is 2.35. The third kappa shape index (κ3) is 4.53. The van der Waals surface area contributed by atoms with Crippen LogP contribution in [0.1, 0.15) is 12.8 Å². The lowest BCUT2D eigenvalue weighted by Gasteiger charge is -2.46. The molecule has 2 aliphatic rings. The van der Waals surface area contributed by atoms with Gasteiger partial charge in [0.25, 0.3) is 0 Å². The van der Waals surface area contributed by atoms with Crippen LogP contribution in [-0.2, 0) is 0 Å². The van der Waals surface area contributed by atoms with E-state index in [1.54, 1.807) is 0 Å². The number of thioether (sulfide) groups is 2. The Morgan fingerprint density at radius 2 is 1.74 bits per heavy atom. The summed E-state index contributed by atoms with van der Waals surface area (Å²) in [5.41, 5.74) is 0.369. The quantitative estimate of drug-likeness (QED) is 0.845. The van der Waals surface area contributed by atoms with Crippen molar-refractivity contribution >= 4 is 23.5 Å². The number of nitrogens with zero attached hydrogens (tertiary/aromatic N) is 2. The molecule has 0 amide bonds. The first kappa shape index (κ1) is 16.0. The minimum atomic E-state index is 0.369. The number of likely N-dealkylation sites (tertiary alicyclic amines) is 1. The van der Waals surface area contributed by atoms with Gasteiger partial charge in [0.2, 0.25) is 0 Å². The van der Waals surface area contributed by atoms with Crippen molar-refractivity contribution < 1.29 is 0 Å². The largest absolute Gasteiger partial charge is 0.310 e. The molecule has 2 heterocycles. The topological polar surface area (TPSA) is 18.5 Å². The molecule has 0 aliphatic carbocycles. The van der Waals surface area contributed by atoms with E-state index in [1.165, 1.54) is 48.9 Å². The summed E-state index contributed by atoms with van der Waals surface area (Å²) in [5.74, 6) is 5.23. The molecule has 0 aromatic rings. The summed E-state index contributed by atoms with van der Waals surface area (Å²) >= 11 is 4.23. The summed E-state index contributed by atoms with van der Waals surface area (Å²) in [7, 11) is 6.75. The van der Waals surface area contributed by atoms with Crippen molar-refractivity contribution in [1.82, 2.24) is 15.1 Å². The molecule has 0 radical (unpaired) electrons. The fourth-order valence-corrected chi connectivity index (χ4v) is 5.35. The second-order valence-electron chi connectivity index (χ2n) is 6.15. The van der Waals surface area contributed by atoms with E-state index in [2.05, 4.69) is 59.8 Å². The summed E-state index contributed by atoms with van der Waals surface area (Å²) in [5, 5.41) is 3.87. The van der Waals surface area contributed by atoms with Crippen molar-refractivity contribution in [1.29, 1.82) is 0 Å². The van der Waals surface area contributed by atoms with E-state index in [1.807, 2.05) is 0 Å². The first-order chi connectivity index (χ1) is 9.12. The van der Waals surface area contributed by atoms with E-state index >= 15 is 0 Å². The Kier molecular flexibility index (Phi) is 6.34. The lowest BCUT2D eigenvalue weighted by atomic mass is 9.86. The van der Waals surface area contributed by atoms with Gasteiger partial charge in [0.15, 0.2) is 0 Å². The second kappa shape index (κ2) is 7.55. The molecule has 0 saturated carbocycles. The number of likely N-dealkylation sites (N-methyl/N-ethyl adjacent to an activating group) is 1. The van der Waals surface area contributed by atoms with Crippen LogP contribution < -0.4 is 5.32 Å². The van der Waals surface area contributed by atoms with E-state index in [0.717, 1.165) is 6.54 Å². The van der Waals surface area contributed by atoms with E-state index in [-0.39, 0.29) is 0 Å². The van der Waals surface area contributed by atoms with Gasteiger partial charge >= 0.3 is 0 Å². The second-order valence-corrected chi connectivity index (χ2v) is 8.45. The molecule has 0 spiro atoms. The lowest BCUT2D eigenvalue weighted by molar-refractivity contribution is 0.0646. The number of rotatable bonds is 4. The summed E-state index contributed by atoms with van der Waals surface area (Å²) in [6, 6.07) is 0.703. The number of piperidine rings is 1. The van der Waals surface area contributed by atoms with Crippen molar-refractivity contribution in [2.24, 2.45) is 0 Å². The third-order valence-electron chi connectivity index (χ3n) is 4.60. The van der Waals surface area contributed by atoms with Crippen molar-refractivity contribution in [3.63, 3.8) is 0 Å². The van der Waals surface area contributed by atoms with E-state index < -0.39 is 0 Å². The van der Waals surface area contributed by atoms with Crippen LogP contribution in [0.3, 0.4) is 0 Å². The summed E-state index contributed by atoms with van der Waals surface area (Å²) in [6.07, 6.45) is 2.58. The Bertz CT molecular complexity index is 257. The van der Waals surface area contributed by atoms with Crippen molar-refractivity contribution in [3.05, 3.63) is 0 Å². The van der Waals surface area contributed by atoms with Gasteiger partial charge in [-0.1, -0.05) is 0 Å². The maximum absolute atomic E-state index is 3.87. The van der Waals surface area contributed by atoms with Crippen LogP contribution in [0.2, 0.25) is 0 Å². The molecule has 2 rings (SSSR count). The minimum Gasteiger partial charge on any atom is -0.310 e. The Labute approximate surface area is 127 Å². The zero-order chi connectivity index (χ0) is 13.7. The molecule has 5 heteroatoms. The molecule has 2 fully saturated rings. The predicted octanol–water partition coefficient (Wildman–Crippen LogP) is 1.45. The number of hydrogen-bond donors (Lipinski definition) is 1. The van der Waals surface area contributed by atoms with Gasteiger partial charge in [-0.2, -0.15) is 23.5 Å². The fraction of sp³-hybridized carbons (Fsp3) is 1.00. The molecule has 0 atom stereocenters. The molecular formula is C14H29N3S2. The van der Waals surface area contributed by atoms with Crippen LogP contribution >= 0.6 is 23.5 Å². The van der Waals surface area contributed by atoms with Crippen LogP contribution in [-0.4, -0.2) is 85.2 Å². The maximum atomic E-state index is 3.87. The summed E-state index contributed by atoms with van der Waals surface area (Å²) in [6.45, 7) is 3.61. The zero-order valence-corrected chi connectivity index (χ0v) is 14.3. The highest BCUT2D eigenvalue weighted by molar-refractivity contribution is 8.03. The van der Waals surface area contributed by atoms with Crippen LogP contribution in [0, 0.1) is 0 Å². The highest BCUT2D eigenvalue weighted by atomic mass is 32.2. The van der Waals surface area contributed by atoms with Crippen LogP contribution in [0.15, 0.2) is 0 Å². The standard InChI is InChI=1S/C14H29N3S2/c1-16(2)14(4-6-17(3)7-5-14)12-15-13-10-18-8-9-19-11-13/h13,15H,4-12H2,1-3H3. The van der Waals surface area contributed by atoms with Crippen molar-refractivity contribution in [2.45, 2.75) is 24.4 Å². The molecule has 3 nitrogen and oxygen atoms in total. The average molecular weight is 304 g/mol. The first-order valence-corrected chi connectivity index (χ1v) is 9.68. The molecule has 2 saturated heterocycles. The SMILES string of the molecule is CN1CCC(CNC2CSCCSC2)(N(C)C)CC1. The molecule has 1 N–H and O–H groups in total. The summed E-state index contributed by atoms with van der Waals surface area (Å²) in [4.78, 5) is 4.92. The number of nitrogens with one attached hydrogen (secondary N) is 1. The molecule has 0 bridgehead atoms. The smallest absolute Gasteiger partial charge is 0.0352 e. The lowest BCUT2D eigenvalue weighted by Crippen LogP contribution is -2.58. The molecule has 19 heavy (non-hydrogen) atoms. The van der Waals surface area contributed by atoms with Gasteiger partial charge in [0.1, 0.15) is 0 Å². The summed E-state index contributed by atoms with van der Waals surface area (Å²) < 4.78 is 0. The molecule has 2 aliphatic heterocycles. The molecule has 0 unspecified atom stereocenters. The van der Waals surface area contributed by atoms with Gasteiger partial charge in [-0.15, -0.1) is 0 Å². The van der Waals surface area contributed by atoms with E-state index in [0.29, 0.717) is 11.6 Å². The van der Waals surface area contributed by atoms with Crippen molar-refractivity contribution in [3.8, 4) is 0 Å². The molecule has 0 aromatic carbocycles.